The van der Waals surface area contributed by atoms with Gasteiger partial charge in [0.2, 0.25) is 0 Å². The normalized spacial score (nSPS) is 24.3. The van der Waals surface area contributed by atoms with Crippen LogP contribution in [0.3, 0.4) is 0 Å². The van der Waals surface area contributed by atoms with Crippen molar-refractivity contribution in [2.75, 3.05) is 18.6 Å². The standard InChI is InChI=1S/C14H21BrN2O/c1-10-5-14(18-2)3-4-17(10)13-7-11(9-16)6-12(15)8-13/h6-8,10,14H,3-5,9,16H2,1-2H3. The van der Waals surface area contributed by atoms with E-state index in [1.54, 1.807) is 7.11 Å². The SMILES string of the molecule is COC1CCN(c2cc(Br)cc(CN)c2)C(C)C1. The van der Waals surface area contributed by atoms with Crippen molar-refractivity contribution >= 4 is 21.6 Å². The van der Waals surface area contributed by atoms with E-state index in [9.17, 15) is 0 Å². The van der Waals surface area contributed by atoms with E-state index in [-0.39, 0.29) is 0 Å². The van der Waals surface area contributed by atoms with Gasteiger partial charge in [-0.15, -0.1) is 0 Å². The highest BCUT2D eigenvalue weighted by molar-refractivity contribution is 9.10. The number of hydrogen-bond acceptors (Lipinski definition) is 3. The third kappa shape index (κ3) is 3.05. The zero-order valence-electron chi connectivity index (χ0n) is 11.0. The van der Waals surface area contributed by atoms with Gasteiger partial charge in [-0.3, -0.25) is 0 Å². The van der Waals surface area contributed by atoms with Crippen LogP contribution in [-0.4, -0.2) is 25.8 Å². The number of piperidine rings is 1. The molecule has 0 amide bonds. The molecule has 18 heavy (non-hydrogen) atoms. The fraction of sp³-hybridized carbons (Fsp3) is 0.571. The molecule has 1 aliphatic rings. The van der Waals surface area contributed by atoms with E-state index in [1.807, 2.05) is 0 Å². The quantitative estimate of drug-likeness (QED) is 0.932. The molecule has 2 rings (SSSR count). The first-order chi connectivity index (χ1) is 8.63. The zero-order valence-corrected chi connectivity index (χ0v) is 12.6. The van der Waals surface area contributed by atoms with Gasteiger partial charge in [0.25, 0.3) is 0 Å². The molecule has 0 saturated carbocycles. The van der Waals surface area contributed by atoms with Crippen LogP contribution in [0.4, 0.5) is 5.69 Å². The number of anilines is 1. The molecule has 2 atom stereocenters. The summed E-state index contributed by atoms with van der Waals surface area (Å²) >= 11 is 3.56. The molecule has 1 heterocycles. The van der Waals surface area contributed by atoms with Gasteiger partial charge in [0, 0.05) is 36.4 Å². The van der Waals surface area contributed by atoms with Gasteiger partial charge >= 0.3 is 0 Å². The van der Waals surface area contributed by atoms with Crippen molar-refractivity contribution in [3.8, 4) is 0 Å². The average Bonchev–Trinajstić information content (AvgIpc) is 2.37. The van der Waals surface area contributed by atoms with Crippen molar-refractivity contribution in [2.45, 2.75) is 38.5 Å². The summed E-state index contributed by atoms with van der Waals surface area (Å²) in [5, 5.41) is 0. The van der Waals surface area contributed by atoms with E-state index in [2.05, 4.69) is 46.0 Å². The molecular formula is C14H21BrN2O. The van der Waals surface area contributed by atoms with Crippen molar-refractivity contribution in [2.24, 2.45) is 5.73 Å². The fourth-order valence-electron chi connectivity index (χ4n) is 2.64. The smallest absolute Gasteiger partial charge is 0.0607 e. The Morgan fingerprint density at radius 1 is 1.44 bits per heavy atom. The first-order valence-corrected chi connectivity index (χ1v) is 7.22. The van der Waals surface area contributed by atoms with Gasteiger partial charge in [0.05, 0.1) is 6.10 Å². The Morgan fingerprint density at radius 2 is 2.22 bits per heavy atom. The zero-order chi connectivity index (χ0) is 13.1. The Hall–Kier alpha value is -0.580. The van der Waals surface area contributed by atoms with Crippen molar-refractivity contribution in [3.63, 3.8) is 0 Å². The Morgan fingerprint density at radius 3 is 2.83 bits per heavy atom. The molecule has 0 radical (unpaired) electrons. The number of nitrogens with zero attached hydrogens (tertiary/aromatic N) is 1. The first-order valence-electron chi connectivity index (χ1n) is 6.43. The predicted molar refractivity (Wildman–Crippen MR) is 78.9 cm³/mol. The molecule has 1 aliphatic heterocycles. The molecule has 0 spiro atoms. The second-order valence-electron chi connectivity index (χ2n) is 4.95. The highest BCUT2D eigenvalue weighted by atomic mass is 79.9. The number of ether oxygens (including phenoxy) is 1. The minimum Gasteiger partial charge on any atom is -0.381 e. The molecule has 2 N–H and O–H groups in total. The Kier molecular flexibility index (Phi) is 4.65. The van der Waals surface area contributed by atoms with Crippen LogP contribution >= 0.6 is 15.9 Å². The number of rotatable bonds is 3. The molecule has 4 heteroatoms. The maximum atomic E-state index is 5.74. The lowest BCUT2D eigenvalue weighted by Crippen LogP contribution is -2.43. The lowest BCUT2D eigenvalue weighted by molar-refractivity contribution is 0.0721. The van der Waals surface area contributed by atoms with Gasteiger partial charge in [0.1, 0.15) is 0 Å². The Labute approximate surface area is 117 Å². The van der Waals surface area contributed by atoms with Crippen molar-refractivity contribution in [1.29, 1.82) is 0 Å². The van der Waals surface area contributed by atoms with Gasteiger partial charge in [-0.25, -0.2) is 0 Å². The molecular weight excluding hydrogens is 292 g/mol. The third-order valence-corrected chi connectivity index (χ3v) is 4.13. The molecule has 1 aromatic carbocycles. The molecule has 1 fully saturated rings. The molecule has 0 bridgehead atoms. The van der Waals surface area contributed by atoms with E-state index in [0.717, 1.165) is 23.9 Å². The fourth-order valence-corrected chi connectivity index (χ4v) is 3.17. The monoisotopic (exact) mass is 312 g/mol. The Bertz CT molecular complexity index is 411. The van der Waals surface area contributed by atoms with Gasteiger partial charge in [0.15, 0.2) is 0 Å². The van der Waals surface area contributed by atoms with Gasteiger partial charge in [-0.2, -0.15) is 0 Å². The summed E-state index contributed by atoms with van der Waals surface area (Å²) < 4.78 is 6.56. The highest BCUT2D eigenvalue weighted by Crippen LogP contribution is 2.29. The second kappa shape index (κ2) is 6.04. The van der Waals surface area contributed by atoms with Crippen LogP contribution in [0.25, 0.3) is 0 Å². The van der Waals surface area contributed by atoms with E-state index in [1.165, 1.54) is 11.3 Å². The Balaban J connectivity index is 2.18. The van der Waals surface area contributed by atoms with E-state index in [0.29, 0.717) is 18.7 Å². The number of nitrogens with two attached hydrogens (primary N) is 1. The largest absolute Gasteiger partial charge is 0.381 e. The van der Waals surface area contributed by atoms with Crippen molar-refractivity contribution in [1.82, 2.24) is 0 Å². The number of hydrogen-bond donors (Lipinski definition) is 1. The summed E-state index contributed by atoms with van der Waals surface area (Å²) in [6, 6.07) is 6.94. The lowest BCUT2D eigenvalue weighted by Gasteiger charge is -2.39. The molecule has 100 valence electrons. The number of methoxy groups -OCH3 is 1. The molecule has 2 unspecified atom stereocenters. The minimum atomic E-state index is 0.400. The van der Waals surface area contributed by atoms with Crippen molar-refractivity contribution < 1.29 is 4.74 Å². The van der Waals surface area contributed by atoms with Crippen LogP contribution in [-0.2, 0) is 11.3 Å². The molecule has 1 aromatic rings. The van der Waals surface area contributed by atoms with Crippen LogP contribution in [0.5, 0.6) is 0 Å². The van der Waals surface area contributed by atoms with E-state index < -0.39 is 0 Å². The summed E-state index contributed by atoms with van der Waals surface area (Å²) in [5.74, 6) is 0. The predicted octanol–water partition coefficient (Wildman–Crippen LogP) is 2.91. The number of halogens is 1. The summed E-state index contributed by atoms with van der Waals surface area (Å²) in [6.45, 7) is 3.88. The molecule has 1 saturated heterocycles. The summed E-state index contributed by atoms with van der Waals surface area (Å²) in [4.78, 5) is 2.44. The lowest BCUT2D eigenvalue weighted by atomic mass is 9.99. The van der Waals surface area contributed by atoms with Crippen LogP contribution in [0, 0.1) is 0 Å². The minimum absolute atomic E-state index is 0.400. The summed E-state index contributed by atoms with van der Waals surface area (Å²) in [6.07, 6.45) is 2.57. The molecule has 0 aliphatic carbocycles. The van der Waals surface area contributed by atoms with Crippen molar-refractivity contribution in [3.05, 3.63) is 28.2 Å². The topological polar surface area (TPSA) is 38.5 Å². The first kappa shape index (κ1) is 13.8. The van der Waals surface area contributed by atoms with Gasteiger partial charge in [-0.05, 0) is 43.5 Å². The van der Waals surface area contributed by atoms with E-state index in [4.69, 9.17) is 10.5 Å². The van der Waals surface area contributed by atoms with Crippen LogP contribution in [0.2, 0.25) is 0 Å². The number of benzene rings is 1. The van der Waals surface area contributed by atoms with Crippen LogP contribution in [0.15, 0.2) is 22.7 Å². The molecule has 3 nitrogen and oxygen atoms in total. The average molecular weight is 313 g/mol. The van der Waals surface area contributed by atoms with E-state index >= 15 is 0 Å². The molecule has 0 aromatic heterocycles. The van der Waals surface area contributed by atoms with Gasteiger partial charge < -0.3 is 15.4 Å². The maximum absolute atomic E-state index is 5.74. The summed E-state index contributed by atoms with van der Waals surface area (Å²) in [7, 11) is 1.80. The van der Waals surface area contributed by atoms with Crippen LogP contribution in [0.1, 0.15) is 25.3 Å². The third-order valence-electron chi connectivity index (χ3n) is 3.67. The van der Waals surface area contributed by atoms with Gasteiger partial charge in [-0.1, -0.05) is 15.9 Å². The van der Waals surface area contributed by atoms with Crippen LogP contribution < -0.4 is 10.6 Å². The second-order valence-corrected chi connectivity index (χ2v) is 5.86. The summed E-state index contributed by atoms with van der Waals surface area (Å²) in [5.41, 5.74) is 8.16. The highest BCUT2D eigenvalue weighted by Gasteiger charge is 2.25. The maximum Gasteiger partial charge on any atom is 0.0607 e.